The molecule has 0 aromatic heterocycles. The minimum Gasteiger partial charge on any atom is -0.462 e. The molecular formula is C48H76O6. The number of hydrogen-bond donors (Lipinski definition) is 0. The highest BCUT2D eigenvalue weighted by Gasteiger charge is 2.19. The number of unbranched alkanes of at least 4 members (excludes halogenated alkanes) is 13. The summed E-state index contributed by atoms with van der Waals surface area (Å²) in [4.78, 5) is 37.6. The van der Waals surface area contributed by atoms with E-state index >= 15 is 0 Å². The Morgan fingerprint density at radius 1 is 0.407 bits per heavy atom. The molecule has 304 valence electrons. The van der Waals surface area contributed by atoms with Crippen molar-refractivity contribution in [3.8, 4) is 0 Å². The first-order chi connectivity index (χ1) is 26.5. The zero-order chi connectivity index (χ0) is 39.4. The molecule has 0 bridgehead atoms. The van der Waals surface area contributed by atoms with Crippen LogP contribution in [0.25, 0.3) is 0 Å². The van der Waals surface area contributed by atoms with Crippen LogP contribution in [0.4, 0.5) is 0 Å². The van der Waals surface area contributed by atoms with Crippen LogP contribution in [-0.2, 0) is 28.6 Å². The fourth-order valence-electron chi connectivity index (χ4n) is 5.28. The highest BCUT2D eigenvalue weighted by Crippen LogP contribution is 2.12. The van der Waals surface area contributed by atoms with E-state index < -0.39 is 12.1 Å². The van der Waals surface area contributed by atoms with E-state index in [1.165, 1.54) is 51.4 Å². The lowest BCUT2D eigenvalue weighted by Gasteiger charge is -2.18. The lowest BCUT2D eigenvalue weighted by molar-refractivity contribution is -0.167. The van der Waals surface area contributed by atoms with Crippen molar-refractivity contribution >= 4 is 17.9 Å². The zero-order valence-electron chi connectivity index (χ0n) is 34.4. The smallest absolute Gasteiger partial charge is 0.306 e. The maximum Gasteiger partial charge on any atom is 0.306 e. The van der Waals surface area contributed by atoms with Gasteiger partial charge < -0.3 is 14.2 Å². The quantitative estimate of drug-likeness (QED) is 0.0209. The second-order valence-electron chi connectivity index (χ2n) is 13.6. The van der Waals surface area contributed by atoms with Gasteiger partial charge in [-0.3, -0.25) is 14.4 Å². The van der Waals surface area contributed by atoms with Crippen LogP contribution in [0.1, 0.15) is 168 Å². The standard InChI is InChI=1S/C48H76O6/c1-4-7-10-13-16-19-21-23-25-26-29-32-35-38-41-47(50)53-44-45(43-52-46(49)40-37-34-31-28-18-15-12-9-6-3)54-48(51)42-39-36-33-30-27-24-22-20-17-14-11-8-5-2/h7-8,10-11,14,16-17,19-20,22,24,27-28,30-31,33,45H,4-6,9,12-13,15,18,21,23,25-26,29,32,34-44H2,1-3H3/b10-7-,11-8-,17-14-,19-16-,22-20-,27-24-,31-28-,33-30-. The molecule has 0 saturated heterocycles. The Morgan fingerprint density at radius 3 is 1.43 bits per heavy atom. The van der Waals surface area contributed by atoms with Crippen LogP contribution in [0, 0.1) is 0 Å². The van der Waals surface area contributed by atoms with Gasteiger partial charge in [0.25, 0.3) is 0 Å². The summed E-state index contributed by atoms with van der Waals surface area (Å²) in [5.41, 5.74) is 0. The fourth-order valence-corrected chi connectivity index (χ4v) is 5.28. The maximum atomic E-state index is 12.6. The van der Waals surface area contributed by atoms with Crippen molar-refractivity contribution in [3.05, 3.63) is 97.2 Å². The van der Waals surface area contributed by atoms with E-state index in [-0.39, 0.29) is 38.0 Å². The molecule has 0 spiro atoms. The van der Waals surface area contributed by atoms with Gasteiger partial charge >= 0.3 is 17.9 Å². The molecule has 0 aliphatic carbocycles. The average molecular weight is 749 g/mol. The monoisotopic (exact) mass is 749 g/mol. The second kappa shape index (κ2) is 42.1. The van der Waals surface area contributed by atoms with Gasteiger partial charge in [0.1, 0.15) is 13.2 Å². The van der Waals surface area contributed by atoms with Gasteiger partial charge in [-0.25, -0.2) is 0 Å². The largest absolute Gasteiger partial charge is 0.462 e. The SMILES string of the molecule is CC\C=C/C=C\C=C/C=C\C=C/CCCC(=O)OC(COC(=O)CCC/C=C\CCCCCC)COC(=O)CCCCCCCCC/C=C\C/C=C\CC. The minimum atomic E-state index is -0.826. The van der Waals surface area contributed by atoms with Crippen LogP contribution in [0.15, 0.2) is 97.2 Å². The van der Waals surface area contributed by atoms with Crippen LogP contribution < -0.4 is 0 Å². The fraction of sp³-hybridized carbons (Fsp3) is 0.604. The topological polar surface area (TPSA) is 78.9 Å². The van der Waals surface area contributed by atoms with Gasteiger partial charge in [0, 0.05) is 19.3 Å². The summed E-state index contributed by atoms with van der Waals surface area (Å²) in [6, 6.07) is 0. The Morgan fingerprint density at radius 2 is 0.833 bits per heavy atom. The van der Waals surface area contributed by atoms with Crippen LogP contribution >= 0.6 is 0 Å². The highest BCUT2D eigenvalue weighted by molar-refractivity contribution is 5.71. The van der Waals surface area contributed by atoms with E-state index in [0.717, 1.165) is 64.2 Å². The van der Waals surface area contributed by atoms with Crippen molar-refractivity contribution in [3.63, 3.8) is 0 Å². The van der Waals surface area contributed by atoms with Gasteiger partial charge in [-0.2, -0.15) is 0 Å². The normalized spacial score (nSPS) is 13.0. The Kier molecular flexibility index (Phi) is 39.2. The van der Waals surface area contributed by atoms with Crippen molar-refractivity contribution in [2.24, 2.45) is 0 Å². The van der Waals surface area contributed by atoms with Gasteiger partial charge in [-0.05, 0) is 77.0 Å². The number of hydrogen-bond acceptors (Lipinski definition) is 6. The lowest BCUT2D eigenvalue weighted by Crippen LogP contribution is -2.30. The first-order valence-corrected chi connectivity index (χ1v) is 21.3. The predicted molar refractivity (Wildman–Crippen MR) is 228 cm³/mol. The predicted octanol–water partition coefficient (Wildman–Crippen LogP) is 13.5. The molecule has 0 aromatic rings. The van der Waals surface area contributed by atoms with Gasteiger partial charge in [0.2, 0.25) is 0 Å². The van der Waals surface area contributed by atoms with Crippen molar-refractivity contribution in [2.45, 2.75) is 175 Å². The Hall–Kier alpha value is -3.67. The maximum absolute atomic E-state index is 12.6. The molecule has 0 aliphatic rings. The first-order valence-electron chi connectivity index (χ1n) is 21.3. The van der Waals surface area contributed by atoms with E-state index in [1.54, 1.807) is 0 Å². The van der Waals surface area contributed by atoms with Crippen molar-refractivity contribution in [1.29, 1.82) is 0 Å². The molecule has 0 N–H and O–H groups in total. The van der Waals surface area contributed by atoms with E-state index in [0.29, 0.717) is 19.3 Å². The van der Waals surface area contributed by atoms with E-state index in [4.69, 9.17) is 14.2 Å². The van der Waals surface area contributed by atoms with Gasteiger partial charge in [0.05, 0.1) is 0 Å². The van der Waals surface area contributed by atoms with E-state index in [9.17, 15) is 14.4 Å². The Bertz CT molecular complexity index is 1140. The molecule has 0 aromatic carbocycles. The summed E-state index contributed by atoms with van der Waals surface area (Å²) < 4.78 is 16.5. The average Bonchev–Trinajstić information content (AvgIpc) is 3.17. The van der Waals surface area contributed by atoms with Crippen LogP contribution in [0.2, 0.25) is 0 Å². The number of carbonyl (C=O) groups is 3. The molecule has 6 nitrogen and oxygen atoms in total. The molecule has 0 rings (SSSR count). The molecule has 0 saturated carbocycles. The van der Waals surface area contributed by atoms with Crippen LogP contribution in [-0.4, -0.2) is 37.2 Å². The summed E-state index contributed by atoms with van der Waals surface area (Å²) in [5, 5.41) is 0. The molecule has 0 aliphatic heterocycles. The Balaban J connectivity index is 4.54. The van der Waals surface area contributed by atoms with Crippen molar-refractivity contribution < 1.29 is 28.6 Å². The second-order valence-corrected chi connectivity index (χ2v) is 13.6. The molecule has 54 heavy (non-hydrogen) atoms. The van der Waals surface area contributed by atoms with Gasteiger partial charge in [-0.15, -0.1) is 0 Å². The third-order valence-corrected chi connectivity index (χ3v) is 8.43. The van der Waals surface area contributed by atoms with Gasteiger partial charge in [-0.1, -0.05) is 169 Å². The summed E-state index contributed by atoms with van der Waals surface area (Å²) in [7, 11) is 0. The van der Waals surface area contributed by atoms with Crippen LogP contribution in [0.5, 0.6) is 0 Å². The molecule has 6 heteroatoms. The number of carbonyl (C=O) groups excluding carboxylic acids is 3. The Labute approximate surface area is 330 Å². The molecule has 0 amide bonds. The van der Waals surface area contributed by atoms with Gasteiger partial charge in [0.15, 0.2) is 6.10 Å². The third-order valence-electron chi connectivity index (χ3n) is 8.43. The first kappa shape index (κ1) is 50.3. The molecular weight excluding hydrogens is 673 g/mol. The summed E-state index contributed by atoms with van der Waals surface area (Å²) >= 11 is 0. The molecule has 0 fully saturated rings. The molecule has 0 heterocycles. The van der Waals surface area contributed by atoms with E-state index in [2.05, 4.69) is 63.3 Å². The highest BCUT2D eigenvalue weighted by atomic mass is 16.6. The lowest BCUT2D eigenvalue weighted by atomic mass is 10.1. The van der Waals surface area contributed by atoms with Crippen molar-refractivity contribution in [1.82, 2.24) is 0 Å². The van der Waals surface area contributed by atoms with E-state index in [1.807, 2.05) is 54.7 Å². The molecule has 1 unspecified atom stereocenters. The number of allylic oxidation sites excluding steroid dienone is 16. The van der Waals surface area contributed by atoms with Crippen LogP contribution in [0.3, 0.4) is 0 Å². The third kappa shape index (κ3) is 39.5. The molecule has 0 radical (unpaired) electrons. The zero-order valence-corrected chi connectivity index (χ0v) is 34.4. The summed E-state index contributed by atoms with van der Waals surface area (Å²) in [6.45, 7) is 6.22. The number of rotatable bonds is 36. The minimum absolute atomic E-state index is 0.121. The number of ether oxygens (including phenoxy) is 3. The summed E-state index contributed by atoms with van der Waals surface area (Å²) in [5.74, 6) is -1.05. The molecule has 1 atom stereocenters. The summed E-state index contributed by atoms with van der Waals surface area (Å²) in [6.07, 6.45) is 54.1. The number of esters is 3. The van der Waals surface area contributed by atoms with Crippen molar-refractivity contribution in [2.75, 3.05) is 13.2 Å².